The van der Waals surface area contributed by atoms with Crippen LogP contribution in [0.4, 0.5) is 5.82 Å². The van der Waals surface area contributed by atoms with Gasteiger partial charge in [0.2, 0.25) is 11.9 Å². The number of nitrogens with zero attached hydrogens (tertiary/aromatic N) is 3. The lowest BCUT2D eigenvalue weighted by Crippen LogP contribution is -2.21. The molecule has 0 saturated heterocycles. The van der Waals surface area contributed by atoms with E-state index in [2.05, 4.69) is 20.4 Å². The molecule has 2 aliphatic carbocycles. The molecule has 150 valence electrons. The number of hydrogen-bond acceptors (Lipinski definition) is 5. The van der Waals surface area contributed by atoms with Gasteiger partial charge in [-0.15, -0.1) is 0 Å². The van der Waals surface area contributed by atoms with Crippen LogP contribution in [0, 0.1) is 5.92 Å². The number of fused-ring (bicyclic) bond motifs is 1. The summed E-state index contributed by atoms with van der Waals surface area (Å²) in [6, 6.07) is 5.33. The number of aromatic nitrogens is 4. The second kappa shape index (κ2) is 7.35. The topological polar surface area (TPSA) is 106 Å². The number of carbonyl (C=O) groups excluding carboxylic acids is 1. The van der Waals surface area contributed by atoms with Gasteiger partial charge in [-0.1, -0.05) is 12.8 Å². The van der Waals surface area contributed by atoms with Crippen LogP contribution in [0.25, 0.3) is 17.4 Å². The van der Waals surface area contributed by atoms with E-state index >= 15 is 0 Å². The minimum absolute atomic E-state index is 0.0486. The Hall–Kier alpha value is -3.16. The lowest BCUT2D eigenvalue weighted by Gasteiger charge is -2.11. The van der Waals surface area contributed by atoms with Crippen molar-refractivity contribution < 1.29 is 9.21 Å². The van der Waals surface area contributed by atoms with E-state index in [9.17, 15) is 9.59 Å². The SMILES string of the molecule is O=C(CC1CCCC1)Nc1cc(-c2ccco2)nn1-c1nc2c(c(=O)[nH]1)CCC2. The number of aromatic amines is 1. The van der Waals surface area contributed by atoms with E-state index in [4.69, 9.17) is 4.42 Å². The number of aryl methyl sites for hydroxylation is 1. The highest BCUT2D eigenvalue weighted by Gasteiger charge is 2.23. The largest absolute Gasteiger partial charge is 0.463 e. The minimum atomic E-state index is -0.138. The van der Waals surface area contributed by atoms with Gasteiger partial charge in [-0.3, -0.25) is 14.6 Å². The molecule has 0 aromatic carbocycles. The maximum Gasteiger partial charge on any atom is 0.255 e. The van der Waals surface area contributed by atoms with Crippen LogP contribution in [0.1, 0.15) is 49.8 Å². The molecule has 0 aliphatic heterocycles. The smallest absolute Gasteiger partial charge is 0.255 e. The summed E-state index contributed by atoms with van der Waals surface area (Å²) in [7, 11) is 0. The summed E-state index contributed by atoms with van der Waals surface area (Å²) in [6.07, 6.45) is 9.11. The lowest BCUT2D eigenvalue weighted by molar-refractivity contribution is -0.117. The third-order valence-electron chi connectivity index (χ3n) is 5.83. The highest BCUT2D eigenvalue weighted by atomic mass is 16.3. The highest BCUT2D eigenvalue weighted by Crippen LogP contribution is 2.29. The fourth-order valence-corrected chi connectivity index (χ4v) is 4.38. The predicted molar refractivity (Wildman–Crippen MR) is 107 cm³/mol. The minimum Gasteiger partial charge on any atom is -0.463 e. The van der Waals surface area contributed by atoms with Gasteiger partial charge in [-0.25, -0.2) is 4.98 Å². The zero-order chi connectivity index (χ0) is 19.8. The van der Waals surface area contributed by atoms with Gasteiger partial charge in [0.25, 0.3) is 5.56 Å². The van der Waals surface area contributed by atoms with Gasteiger partial charge in [0.1, 0.15) is 11.5 Å². The van der Waals surface area contributed by atoms with Crippen LogP contribution >= 0.6 is 0 Å². The molecule has 3 aromatic rings. The molecule has 0 bridgehead atoms. The number of amides is 1. The van der Waals surface area contributed by atoms with Gasteiger partial charge in [0.15, 0.2) is 5.76 Å². The third kappa shape index (κ3) is 3.50. The van der Waals surface area contributed by atoms with Gasteiger partial charge in [-0.2, -0.15) is 9.78 Å². The Morgan fingerprint density at radius 1 is 1.28 bits per heavy atom. The van der Waals surface area contributed by atoms with Crippen LogP contribution in [0.15, 0.2) is 33.7 Å². The molecule has 1 amide bonds. The number of furan rings is 1. The second-order valence-corrected chi connectivity index (χ2v) is 7.88. The van der Waals surface area contributed by atoms with Gasteiger partial charge in [-0.05, 0) is 50.2 Å². The Bertz CT molecular complexity index is 1090. The van der Waals surface area contributed by atoms with Crippen molar-refractivity contribution in [3.8, 4) is 17.4 Å². The first-order valence-electron chi connectivity index (χ1n) is 10.2. The first-order chi connectivity index (χ1) is 14.2. The van der Waals surface area contributed by atoms with E-state index in [-0.39, 0.29) is 11.5 Å². The van der Waals surface area contributed by atoms with Gasteiger partial charge >= 0.3 is 0 Å². The molecule has 3 heterocycles. The van der Waals surface area contributed by atoms with Crippen LogP contribution in [-0.4, -0.2) is 25.7 Å². The van der Waals surface area contributed by atoms with Crippen LogP contribution in [0.5, 0.6) is 0 Å². The molecule has 8 heteroatoms. The molecule has 2 N–H and O–H groups in total. The molecule has 1 saturated carbocycles. The zero-order valence-corrected chi connectivity index (χ0v) is 16.1. The predicted octanol–water partition coefficient (Wildman–Crippen LogP) is 3.22. The average Bonchev–Trinajstić information content (AvgIpc) is 3.48. The first-order valence-corrected chi connectivity index (χ1v) is 10.2. The first kappa shape index (κ1) is 17.9. The second-order valence-electron chi connectivity index (χ2n) is 7.88. The maximum atomic E-state index is 12.6. The number of hydrogen-bond donors (Lipinski definition) is 2. The molecule has 8 nitrogen and oxygen atoms in total. The molecule has 0 atom stereocenters. The van der Waals surface area contributed by atoms with E-state index in [0.29, 0.717) is 35.6 Å². The Labute approximate surface area is 167 Å². The normalized spacial score (nSPS) is 16.3. The molecular weight excluding hydrogens is 370 g/mol. The monoisotopic (exact) mass is 393 g/mol. The van der Waals surface area contributed by atoms with Crippen molar-refractivity contribution in [3.05, 3.63) is 46.1 Å². The number of H-pyrrole nitrogens is 1. The molecule has 2 aliphatic rings. The summed E-state index contributed by atoms with van der Waals surface area (Å²) in [5, 5.41) is 7.51. The van der Waals surface area contributed by atoms with Gasteiger partial charge in [0.05, 0.1) is 12.0 Å². The quantitative estimate of drug-likeness (QED) is 0.692. The lowest BCUT2D eigenvalue weighted by atomic mass is 10.0. The third-order valence-corrected chi connectivity index (χ3v) is 5.83. The van der Waals surface area contributed by atoms with Crippen molar-refractivity contribution in [2.75, 3.05) is 5.32 Å². The average molecular weight is 393 g/mol. The summed E-state index contributed by atoms with van der Waals surface area (Å²) in [5.41, 5.74) is 1.98. The van der Waals surface area contributed by atoms with E-state index < -0.39 is 0 Å². The molecule has 0 radical (unpaired) electrons. The Balaban J connectivity index is 1.50. The molecule has 3 aromatic heterocycles. The molecule has 0 spiro atoms. The molecule has 29 heavy (non-hydrogen) atoms. The fraction of sp³-hybridized carbons (Fsp3) is 0.429. The number of carbonyl (C=O) groups is 1. The Morgan fingerprint density at radius 2 is 2.14 bits per heavy atom. The Kier molecular flexibility index (Phi) is 4.54. The van der Waals surface area contributed by atoms with Gasteiger partial charge < -0.3 is 9.73 Å². The van der Waals surface area contributed by atoms with Crippen LogP contribution in [-0.2, 0) is 17.6 Å². The molecular formula is C21H23N5O3. The van der Waals surface area contributed by atoms with Gasteiger partial charge in [0, 0.05) is 18.1 Å². The van der Waals surface area contributed by atoms with Crippen molar-refractivity contribution >= 4 is 11.7 Å². The summed E-state index contributed by atoms with van der Waals surface area (Å²) in [4.78, 5) is 32.5. The molecule has 5 rings (SSSR count). The molecule has 1 fully saturated rings. The standard InChI is InChI=1S/C21H23N5O3/c27-19(11-13-5-1-2-6-13)23-18-12-16(17-9-4-10-29-17)25-26(18)21-22-15-8-3-7-14(15)20(28)24-21/h4,9-10,12-13H,1-3,5-8,11H2,(H,23,27)(H,22,24,28). The summed E-state index contributed by atoms with van der Waals surface area (Å²) >= 11 is 0. The van der Waals surface area contributed by atoms with Crippen molar-refractivity contribution in [1.29, 1.82) is 0 Å². The summed E-state index contributed by atoms with van der Waals surface area (Å²) in [5.74, 6) is 1.75. The van der Waals surface area contributed by atoms with Crippen molar-refractivity contribution in [3.63, 3.8) is 0 Å². The fourth-order valence-electron chi connectivity index (χ4n) is 4.38. The van der Waals surface area contributed by atoms with E-state index in [1.807, 2.05) is 0 Å². The Morgan fingerprint density at radius 3 is 2.93 bits per heavy atom. The van der Waals surface area contributed by atoms with Crippen molar-refractivity contribution in [2.45, 2.75) is 51.4 Å². The van der Waals surface area contributed by atoms with Crippen LogP contribution in [0.2, 0.25) is 0 Å². The summed E-state index contributed by atoms with van der Waals surface area (Å²) < 4.78 is 6.94. The zero-order valence-electron chi connectivity index (χ0n) is 16.1. The van der Waals surface area contributed by atoms with E-state index in [1.54, 1.807) is 24.5 Å². The maximum absolute atomic E-state index is 12.6. The highest BCUT2D eigenvalue weighted by molar-refractivity contribution is 5.90. The van der Waals surface area contributed by atoms with Crippen LogP contribution in [0.3, 0.4) is 0 Å². The van der Waals surface area contributed by atoms with Crippen molar-refractivity contribution in [1.82, 2.24) is 19.7 Å². The number of rotatable bonds is 5. The summed E-state index contributed by atoms with van der Waals surface area (Å²) in [6.45, 7) is 0. The molecule has 0 unspecified atom stereocenters. The van der Waals surface area contributed by atoms with E-state index in [0.717, 1.165) is 43.4 Å². The number of anilines is 1. The van der Waals surface area contributed by atoms with Crippen LogP contribution < -0.4 is 10.9 Å². The number of nitrogens with one attached hydrogen (secondary N) is 2. The van der Waals surface area contributed by atoms with E-state index in [1.165, 1.54) is 17.5 Å². The van der Waals surface area contributed by atoms with Crippen molar-refractivity contribution in [2.24, 2.45) is 5.92 Å².